The van der Waals surface area contributed by atoms with Crippen LogP contribution >= 0.6 is 11.6 Å². The number of likely N-dealkylation sites (tertiary alicyclic amines) is 1. The molecular formula is C25H28ClFN2O3. The molecule has 7 heteroatoms. The van der Waals surface area contributed by atoms with Gasteiger partial charge in [-0.25, -0.2) is 4.39 Å². The van der Waals surface area contributed by atoms with Crippen molar-refractivity contribution in [3.8, 4) is 0 Å². The molecule has 2 heterocycles. The standard InChI is InChI=1S/C25H28ClFN2O3/c26-21-7-5-20(6-8-21)25(11-14-32-15-12-25)17-28-23(30)19-2-1-13-29(16-19)24(31)18-3-9-22(27)10-4-18/h3-10,19H,1-2,11-17H2,(H,28,30). The fourth-order valence-electron chi connectivity index (χ4n) is 4.68. The molecule has 2 aromatic rings. The fourth-order valence-corrected chi connectivity index (χ4v) is 4.81. The van der Waals surface area contributed by atoms with Crippen molar-refractivity contribution in [2.75, 3.05) is 32.8 Å². The first-order chi connectivity index (χ1) is 15.5. The maximum atomic E-state index is 13.2. The summed E-state index contributed by atoms with van der Waals surface area (Å²) >= 11 is 6.07. The third kappa shape index (κ3) is 5.13. The number of carbonyl (C=O) groups is 2. The van der Waals surface area contributed by atoms with E-state index < -0.39 is 0 Å². The molecule has 2 saturated heterocycles. The van der Waals surface area contributed by atoms with Gasteiger partial charge in [0.05, 0.1) is 5.92 Å². The molecule has 1 N–H and O–H groups in total. The smallest absolute Gasteiger partial charge is 0.253 e. The Labute approximate surface area is 192 Å². The highest BCUT2D eigenvalue weighted by Gasteiger charge is 2.36. The van der Waals surface area contributed by atoms with Crippen LogP contribution in [0.4, 0.5) is 4.39 Å². The lowest BCUT2D eigenvalue weighted by molar-refractivity contribution is -0.126. The van der Waals surface area contributed by atoms with Crippen molar-refractivity contribution in [2.45, 2.75) is 31.1 Å². The summed E-state index contributed by atoms with van der Waals surface area (Å²) in [7, 11) is 0. The van der Waals surface area contributed by atoms with E-state index in [0.717, 1.165) is 31.2 Å². The van der Waals surface area contributed by atoms with Crippen molar-refractivity contribution in [1.29, 1.82) is 0 Å². The van der Waals surface area contributed by atoms with Gasteiger partial charge in [0.25, 0.3) is 5.91 Å². The predicted octanol–water partition coefficient (Wildman–Crippen LogP) is 4.20. The largest absolute Gasteiger partial charge is 0.381 e. The SMILES string of the molecule is O=C(NCC1(c2ccc(Cl)cc2)CCOCC1)C1CCCN(C(=O)c2ccc(F)cc2)C1. The van der Waals surface area contributed by atoms with Crippen molar-refractivity contribution < 1.29 is 18.7 Å². The molecule has 32 heavy (non-hydrogen) atoms. The van der Waals surface area contributed by atoms with Crippen LogP contribution in [-0.2, 0) is 14.9 Å². The van der Waals surface area contributed by atoms with Gasteiger partial charge < -0.3 is 15.0 Å². The number of benzene rings is 2. The summed E-state index contributed by atoms with van der Waals surface area (Å²) < 4.78 is 18.8. The minimum atomic E-state index is -0.375. The molecule has 2 fully saturated rings. The van der Waals surface area contributed by atoms with E-state index in [4.69, 9.17) is 16.3 Å². The Hall–Kier alpha value is -2.44. The Morgan fingerprint density at radius 3 is 2.47 bits per heavy atom. The Morgan fingerprint density at radius 2 is 1.78 bits per heavy atom. The molecule has 1 atom stereocenters. The van der Waals surface area contributed by atoms with Crippen LogP contribution in [0, 0.1) is 11.7 Å². The van der Waals surface area contributed by atoms with Crippen molar-refractivity contribution in [1.82, 2.24) is 10.2 Å². The normalized spacial score (nSPS) is 20.6. The lowest BCUT2D eigenvalue weighted by Crippen LogP contribution is -2.49. The molecule has 2 aliphatic rings. The number of piperidine rings is 1. The van der Waals surface area contributed by atoms with Crippen molar-refractivity contribution >= 4 is 23.4 Å². The number of rotatable bonds is 5. The number of nitrogens with zero attached hydrogens (tertiary/aromatic N) is 1. The van der Waals surface area contributed by atoms with Crippen LogP contribution in [0.1, 0.15) is 41.6 Å². The second-order valence-corrected chi connectivity index (χ2v) is 9.15. The first kappa shape index (κ1) is 22.7. The van der Waals surface area contributed by atoms with E-state index >= 15 is 0 Å². The van der Waals surface area contributed by atoms with Crippen LogP contribution in [-0.4, -0.2) is 49.6 Å². The molecule has 5 nitrogen and oxygen atoms in total. The topological polar surface area (TPSA) is 58.6 Å². The average molecular weight is 459 g/mol. The van der Waals surface area contributed by atoms with Crippen LogP contribution in [0.2, 0.25) is 5.02 Å². The van der Waals surface area contributed by atoms with Gasteiger partial charge in [-0.05, 0) is 67.6 Å². The van der Waals surface area contributed by atoms with E-state index in [1.54, 1.807) is 4.90 Å². The second-order valence-electron chi connectivity index (χ2n) is 8.71. The van der Waals surface area contributed by atoms with E-state index in [2.05, 4.69) is 5.32 Å². The molecule has 0 saturated carbocycles. The number of ether oxygens (including phenoxy) is 1. The average Bonchev–Trinajstić information content (AvgIpc) is 2.83. The zero-order valence-electron chi connectivity index (χ0n) is 18.0. The first-order valence-corrected chi connectivity index (χ1v) is 11.5. The van der Waals surface area contributed by atoms with Gasteiger partial charge in [-0.3, -0.25) is 9.59 Å². The van der Waals surface area contributed by atoms with Crippen LogP contribution in [0.25, 0.3) is 0 Å². The quantitative estimate of drug-likeness (QED) is 0.730. The second kappa shape index (κ2) is 10.0. The highest BCUT2D eigenvalue weighted by molar-refractivity contribution is 6.30. The first-order valence-electron chi connectivity index (χ1n) is 11.1. The third-order valence-electron chi connectivity index (χ3n) is 6.68. The van der Waals surface area contributed by atoms with Crippen LogP contribution < -0.4 is 5.32 Å². The van der Waals surface area contributed by atoms with Gasteiger partial charge in [-0.15, -0.1) is 0 Å². The Kier molecular flexibility index (Phi) is 7.11. The summed E-state index contributed by atoms with van der Waals surface area (Å²) in [6.07, 6.45) is 3.17. The molecule has 2 amide bonds. The molecule has 0 spiro atoms. The molecule has 1 unspecified atom stereocenters. The van der Waals surface area contributed by atoms with Gasteiger partial charge in [0, 0.05) is 48.8 Å². The molecular weight excluding hydrogens is 431 g/mol. The molecule has 0 bridgehead atoms. The maximum Gasteiger partial charge on any atom is 0.253 e. The van der Waals surface area contributed by atoms with E-state index in [0.29, 0.717) is 43.4 Å². The number of hydrogen-bond acceptors (Lipinski definition) is 3. The van der Waals surface area contributed by atoms with Gasteiger partial charge in [0.2, 0.25) is 5.91 Å². The number of halogens is 2. The minimum absolute atomic E-state index is 0.0264. The molecule has 4 rings (SSSR count). The van der Waals surface area contributed by atoms with Gasteiger partial charge in [0.15, 0.2) is 0 Å². The zero-order valence-corrected chi connectivity index (χ0v) is 18.7. The highest BCUT2D eigenvalue weighted by Crippen LogP contribution is 2.35. The Bertz CT molecular complexity index is 943. The minimum Gasteiger partial charge on any atom is -0.381 e. The Morgan fingerprint density at radius 1 is 1.09 bits per heavy atom. The van der Waals surface area contributed by atoms with Crippen LogP contribution in [0.5, 0.6) is 0 Å². The molecule has 0 aliphatic carbocycles. The fraction of sp³-hybridized carbons (Fsp3) is 0.440. The summed E-state index contributed by atoms with van der Waals surface area (Å²) in [5.41, 5.74) is 1.41. The Balaban J connectivity index is 1.40. The van der Waals surface area contributed by atoms with Gasteiger partial charge >= 0.3 is 0 Å². The number of nitrogens with one attached hydrogen (secondary N) is 1. The third-order valence-corrected chi connectivity index (χ3v) is 6.93. The summed E-state index contributed by atoms with van der Waals surface area (Å²) in [5, 5.41) is 3.86. The monoisotopic (exact) mass is 458 g/mol. The molecule has 170 valence electrons. The van der Waals surface area contributed by atoms with Crippen molar-refractivity contribution in [2.24, 2.45) is 5.92 Å². The maximum absolute atomic E-state index is 13.2. The molecule has 2 aromatic carbocycles. The van der Waals surface area contributed by atoms with Crippen LogP contribution in [0.3, 0.4) is 0 Å². The van der Waals surface area contributed by atoms with Crippen molar-refractivity contribution in [3.63, 3.8) is 0 Å². The molecule has 2 aliphatic heterocycles. The van der Waals surface area contributed by atoms with E-state index in [-0.39, 0.29) is 29.0 Å². The van der Waals surface area contributed by atoms with E-state index in [1.807, 2.05) is 24.3 Å². The lowest BCUT2D eigenvalue weighted by Gasteiger charge is -2.39. The van der Waals surface area contributed by atoms with Gasteiger partial charge in [0.1, 0.15) is 5.82 Å². The van der Waals surface area contributed by atoms with E-state index in [9.17, 15) is 14.0 Å². The summed E-state index contributed by atoms with van der Waals surface area (Å²) in [5.74, 6) is -0.818. The van der Waals surface area contributed by atoms with Gasteiger partial charge in [-0.2, -0.15) is 0 Å². The summed E-state index contributed by atoms with van der Waals surface area (Å²) in [6.45, 7) is 2.81. The summed E-state index contributed by atoms with van der Waals surface area (Å²) in [6, 6.07) is 13.4. The molecule has 0 aromatic heterocycles. The van der Waals surface area contributed by atoms with Crippen molar-refractivity contribution in [3.05, 3.63) is 70.5 Å². The van der Waals surface area contributed by atoms with E-state index in [1.165, 1.54) is 24.3 Å². The highest BCUT2D eigenvalue weighted by atomic mass is 35.5. The number of hydrogen-bond donors (Lipinski definition) is 1. The lowest BCUT2D eigenvalue weighted by atomic mass is 9.74. The van der Waals surface area contributed by atoms with Gasteiger partial charge in [-0.1, -0.05) is 23.7 Å². The number of amides is 2. The predicted molar refractivity (Wildman–Crippen MR) is 121 cm³/mol. The summed E-state index contributed by atoms with van der Waals surface area (Å²) in [4.78, 5) is 27.6. The number of carbonyl (C=O) groups excluding carboxylic acids is 2. The molecule has 0 radical (unpaired) electrons. The van der Waals surface area contributed by atoms with Crippen LogP contribution in [0.15, 0.2) is 48.5 Å². The zero-order chi connectivity index (χ0) is 22.6.